The molecule has 1 aromatic carbocycles. The number of rotatable bonds is 1. The minimum atomic E-state index is -1.60. The Morgan fingerprint density at radius 1 is 1.43 bits per heavy atom. The van der Waals surface area contributed by atoms with Crippen molar-refractivity contribution in [3.8, 4) is 0 Å². The Hall–Kier alpha value is -2.50. The topological polar surface area (TPSA) is 95.1 Å². The Bertz CT molecular complexity index is 910. The summed E-state index contributed by atoms with van der Waals surface area (Å²) < 4.78 is 24.0. The van der Waals surface area contributed by atoms with Crippen molar-refractivity contribution in [2.75, 3.05) is 5.73 Å². The molecule has 108 valence electrons. The summed E-state index contributed by atoms with van der Waals surface area (Å²) in [7, 11) is 0. The first-order chi connectivity index (χ1) is 11.3. The van der Waals surface area contributed by atoms with Crippen LogP contribution in [-0.4, -0.2) is 21.1 Å². The van der Waals surface area contributed by atoms with Crippen LogP contribution < -0.4 is 11.3 Å². The zero-order valence-electron chi connectivity index (χ0n) is 14.1. The van der Waals surface area contributed by atoms with E-state index in [1.807, 2.05) is 0 Å². The van der Waals surface area contributed by atoms with Crippen LogP contribution in [0.25, 0.3) is 10.9 Å². The van der Waals surface area contributed by atoms with Crippen LogP contribution in [0.5, 0.6) is 0 Å². The van der Waals surface area contributed by atoms with E-state index in [0.29, 0.717) is 0 Å². The second-order valence-corrected chi connectivity index (χ2v) is 4.95. The number of ketones is 2. The van der Waals surface area contributed by atoms with Crippen molar-refractivity contribution in [1.29, 1.82) is 0 Å². The fourth-order valence-electron chi connectivity index (χ4n) is 2.57. The second kappa shape index (κ2) is 4.80. The minimum absolute atomic E-state index is 0.105. The summed E-state index contributed by atoms with van der Waals surface area (Å²) >= 11 is 0. The largest absolute Gasteiger partial charge is 0.398 e. The summed E-state index contributed by atoms with van der Waals surface area (Å²) in [5.74, 6) is -1.20. The Morgan fingerprint density at radius 2 is 2.24 bits per heavy atom. The molecule has 0 aliphatic heterocycles. The third-order valence-corrected chi connectivity index (χ3v) is 3.59. The zero-order valence-corrected chi connectivity index (χ0v) is 11.1. The molecule has 2 atom stereocenters. The molecule has 0 amide bonds. The molecular weight excluding hydrogens is 270 g/mol. The van der Waals surface area contributed by atoms with Crippen LogP contribution in [0, 0.1) is 6.88 Å². The van der Waals surface area contributed by atoms with E-state index >= 15 is 0 Å². The maximum absolute atomic E-state index is 12.9. The molecule has 2 unspecified atom stereocenters. The Morgan fingerprint density at radius 3 is 3.00 bits per heavy atom. The minimum Gasteiger partial charge on any atom is -0.398 e. The SMILES string of the molecule is [2H]C1CC(n2c(C([2H])[2H])nc3cccc(N)c3c2=O)C(=O)CC1=O. The molecule has 0 saturated heterocycles. The van der Waals surface area contributed by atoms with Crippen LogP contribution in [0.1, 0.15) is 35.2 Å². The molecule has 2 aromatic rings. The summed E-state index contributed by atoms with van der Waals surface area (Å²) in [4.78, 5) is 40.8. The number of hydrogen-bond donors (Lipinski definition) is 1. The molecule has 0 spiro atoms. The maximum atomic E-state index is 12.9. The highest BCUT2D eigenvalue weighted by molar-refractivity contribution is 6.03. The number of carbonyl (C=O) groups is 2. The molecule has 1 saturated carbocycles. The standard InChI is InChI=1S/C15H15N3O3/c1-8-17-11-4-2-3-10(16)14(11)15(21)18(8)12-6-5-9(19)7-13(12)20/h2-4,12H,5-7,16H2,1H3/i1D2,5D. The summed E-state index contributed by atoms with van der Waals surface area (Å²) in [6.45, 7) is -1.60. The van der Waals surface area contributed by atoms with Gasteiger partial charge in [-0.05, 0) is 25.4 Å². The zero-order chi connectivity index (χ0) is 17.6. The first-order valence-electron chi connectivity index (χ1n) is 8.17. The lowest BCUT2D eigenvalue weighted by atomic mass is 9.92. The van der Waals surface area contributed by atoms with Crippen LogP contribution in [0.2, 0.25) is 0 Å². The summed E-state index contributed by atoms with van der Waals surface area (Å²) in [6.07, 6.45) is -1.73. The van der Waals surface area contributed by atoms with Crippen molar-refractivity contribution in [3.05, 3.63) is 34.4 Å². The van der Waals surface area contributed by atoms with Gasteiger partial charge in [0, 0.05) is 16.2 Å². The average Bonchev–Trinajstić information content (AvgIpc) is 2.51. The van der Waals surface area contributed by atoms with Gasteiger partial charge in [0.05, 0.1) is 23.4 Å². The fraction of sp³-hybridized carbons (Fsp3) is 0.333. The second-order valence-electron chi connectivity index (χ2n) is 4.95. The number of benzene rings is 1. The number of aromatic nitrogens is 2. The van der Waals surface area contributed by atoms with Crippen LogP contribution in [0.4, 0.5) is 5.69 Å². The number of fused-ring (bicyclic) bond motifs is 1. The van der Waals surface area contributed by atoms with Crippen molar-refractivity contribution in [1.82, 2.24) is 9.55 Å². The number of anilines is 1. The van der Waals surface area contributed by atoms with Crippen molar-refractivity contribution in [2.45, 2.75) is 32.2 Å². The van der Waals surface area contributed by atoms with Crippen LogP contribution in [0.15, 0.2) is 23.0 Å². The van der Waals surface area contributed by atoms with Crippen LogP contribution in [-0.2, 0) is 9.59 Å². The first-order valence-corrected chi connectivity index (χ1v) is 6.44. The van der Waals surface area contributed by atoms with Crippen molar-refractivity contribution in [3.63, 3.8) is 0 Å². The molecule has 1 aliphatic rings. The fourth-order valence-corrected chi connectivity index (χ4v) is 2.57. The third kappa shape index (κ3) is 2.12. The van der Waals surface area contributed by atoms with E-state index in [1.165, 1.54) is 6.07 Å². The molecule has 6 heteroatoms. The van der Waals surface area contributed by atoms with Gasteiger partial charge in [-0.2, -0.15) is 0 Å². The summed E-state index contributed by atoms with van der Waals surface area (Å²) in [5, 5.41) is 0.105. The molecular formula is C15H15N3O3. The van der Waals surface area contributed by atoms with Crippen molar-refractivity contribution >= 4 is 28.2 Å². The van der Waals surface area contributed by atoms with E-state index in [4.69, 9.17) is 9.85 Å². The molecule has 0 bridgehead atoms. The van der Waals surface area contributed by atoms with Gasteiger partial charge in [-0.15, -0.1) is 0 Å². The van der Waals surface area contributed by atoms with Gasteiger partial charge in [0.25, 0.3) is 5.56 Å². The van der Waals surface area contributed by atoms with Gasteiger partial charge in [0.2, 0.25) is 0 Å². The monoisotopic (exact) mass is 288 g/mol. The van der Waals surface area contributed by atoms with E-state index in [1.54, 1.807) is 12.1 Å². The van der Waals surface area contributed by atoms with Gasteiger partial charge in [0.1, 0.15) is 11.6 Å². The van der Waals surface area contributed by atoms with E-state index < -0.39 is 42.9 Å². The normalized spacial score (nSPS) is 24.9. The number of nitrogens with two attached hydrogens (primary N) is 1. The molecule has 21 heavy (non-hydrogen) atoms. The van der Waals surface area contributed by atoms with E-state index in [0.717, 1.165) is 4.57 Å². The Labute approximate surface area is 124 Å². The molecule has 1 aromatic heterocycles. The Balaban J connectivity index is 2.30. The smallest absolute Gasteiger partial charge is 0.264 e. The number of Topliss-reactive ketones (excluding diaryl/α,β-unsaturated/α-hetero) is 2. The summed E-state index contributed by atoms with van der Waals surface area (Å²) in [6, 6.07) is 3.59. The third-order valence-electron chi connectivity index (χ3n) is 3.59. The number of hydrogen-bond acceptors (Lipinski definition) is 5. The molecule has 1 heterocycles. The van der Waals surface area contributed by atoms with E-state index in [2.05, 4.69) is 4.98 Å². The first kappa shape index (κ1) is 10.3. The summed E-state index contributed by atoms with van der Waals surface area (Å²) in [5.41, 5.74) is 5.64. The number of nitrogen functional groups attached to an aromatic ring is 1. The van der Waals surface area contributed by atoms with Gasteiger partial charge >= 0.3 is 0 Å². The van der Waals surface area contributed by atoms with Gasteiger partial charge in [0.15, 0.2) is 5.78 Å². The highest BCUT2D eigenvalue weighted by atomic mass is 16.2. The van der Waals surface area contributed by atoms with Crippen LogP contribution >= 0.6 is 0 Å². The van der Waals surface area contributed by atoms with Gasteiger partial charge < -0.3 is 5.73 Å². The molecule has 3 rings (SSSR count). The van der Waals surface area contributed by atoms with E-state index in [-0.39, 0.29) is 28.8 Å². The van der Waals surface area contributed by atoms with Gasteiger partial charge in [-0.3, -0.25) is 19.0 Å². The highest BCUT2D eigenvalue weighted by Gasteiger charge is 2.30. The number of carbonyl (C=O) groups excluding carboxylic acids is 2. The highest BCUT2D eigenvalue weighted by Crippen LogP contribution is 2.24. The molecule has 6 nitrogen and oxygen atoms in total. The van der Waals surface area contributed by atoms with Crippen LogP contribution in [0.3, 0.4) is 0 Å². The average molecular weight is 288 g/mol. The van der Waals surface area contributed by atoms with Crippen molar-refractivity contribution < 1.29 is 13.7 Å². The maximum Gasteiger partial charge on any atom is 0.264 e. The van der Waals surface area contributed by atoms with Gasteiger partial charge in [-0.1, -0.05) is 6.07 Å². The predicted molar refractivity (Wildman–Crippen MR) is 78.1 cm³/mol. The van der Waals surface area contributed by atoms with E-state index in [9.17, 15) is 14.4 Å². The molecule has 2 N–H and O–H groups in total. The van der Waals surface area contributed by atoms with Crippen molar-refractivity contribution in [2.24, 2.45) is 0 Å². The number of aryl methyl sites for hydroxylation is 1. The lowest BCUT2D eigenvalue weighted by Crippen LogP contribution is -2.36. The quantitative estimate of drug-likeness (QED) is 0.627. The lowest BCUT2D eigenvalue weighted by molar-refractivity contribution is -0.132. The molecule has 1 fully saturated rings. The molecule has 1 aliphatic carbocycles. The predicted octanol–water partition coefficient (Wildman–Crippen LogP) is 1.15. The Kier molecular flexibility index (Phi) is 2.35. The number of nitrogens with zero attached hydrogens (tertiary/aromatic N) is 2. The lowest BCUT2D eigenvalue weighted by Gasteiger charge is -2.24. The van der Waals surface area contributed by atoms with Gasteiger partial charge in [-0.25, -0.2) is 4.98 Å². The molecule has 0 radical (unpaired) electrons.